The standard InChI is InChI=1S/C5H6N4O6/c1-3-4(6-15-7(3)10)5(2,8(11)12)9(13)14/h1-2H3. The van der Waals surface area contributed by atoms with E-state index in [0.717, 1.165) is 13.8 Å². The van der Waals surface area contributed by atoms with Crippen LogP contribution in [0.25, 0.3) is 0 Å². The van der Waals surface area contributed by atoms with Crippen LogP contribution in [0.1, 0.15) is 18.3 Å². The molecule has 0 aliphatic carbocycles. The molecule has 0 saturated heterocycles. The highest BCUT2D eigenvalue weighted by atomic mass is 16.8. The zero-order valence-corrected chi connectivity index (χ0v) is 7.74. The van der Waals surface area contributed by atoms with Crippen LogP contribution in [0.15, 0.2) is 4.63 Å². The molecule has 0 spiro atoms. The van der Waals surface area contributed by atoms with E-state index in [-0.39, 0.29) is 10.6 Å². The number of hydrogen-bond donors (Lipinski definition) is 0. The molecule has 0 radical (unpaired) electrons. The van der Waals surface area contributed by atoms with Crippen LogP contribution < -0.4 is 4.90 Å². The minimum absolute atomic E-state index is 0.124. The molecule has 0 amide bonds. The molecule has 1 aromatic heterocycles. The monoisotopic (exact) mass is 218 g/mol. The normalized spacial score (nSPS) is 11.3. The fourth-order valence-corrected chi connectivity index (χ4v) is 0.960. The third-order valence-electron chi connectivity index (χ3n) is 1.98. The van der Waals surface area contributed by atoms with Crippen molar-refractivity contribution in [1.82, 2.24) is 5.16 Å². The van der Waals surface area contributed by atoms with E-state index >= 15 is 0 Å². The molecule has 0 atom stereocenters. The molecular weight excluding hydrogens is 212 g/mol. The summed E-state index contributed by atoms with van der Waals surface area (Å²) in [6.45, 7) is 1.88. The van der Waals surface area contributed by atoms with Crippen LogP contribution in [0, 0.1) is 32.4 Å². The minimum atomic E-state index is -2.68. The Labute approximate surface area is 81.9 Å². The SMILES string of the molecule is Cc1c(C(C)([N+](=O)[O-])[N+](=O)[O-])no[n+]1[O-]. The number of rotatable bonds is 3. The molecule has 0 bridgehead atoms. The van der Waals surface area contributed by atoms with Gasteiger partial charge in [-0.05, 0) is 4.90 Å². The largest absolute Gasteiger partial charge is 0.526 e. The zero-order valence-electron chi connectivity index (χ0n) is 7.74. The van der Waals surface area contributed by atoms with E-state index in [1.54, 1.807) is 0 Å². The fourth-order valence-electron chi connectivity index (χ4n) is 0.960. The second-order valence-electron chi connectivity index (χ2n) is 2.90. The molecule has 82 valence electrons. The van der Waals surface area contributed by atoms with Crippen LogP contribution in [0.3, 0.4) is 0 Å². The van der Waals surface area contributed by atoms with Crippen molar-refractivity contribution in [3.8, 4) is 0 Å². The van der Waals surface area contributed by atoms with Gasteiger partial charge in [-0.3, -0.25) is 24.9 Å². The topological polar surface area (TPSA) is 139 Å². The Morgan fingerprint density at radius 3 is 2.13 bits per heavy atom. The highest BCUT2D eigenvalue weighted by Gasteiger charge is 2.61. The first-order valence-corrected chi connectivity index (χ1v) is 3.67. The zero-order chi connectivity index (χ0) is 11.8. The predicted octanol–water partition coefficient (Wildman–Crippen LogP) is -0.657. The van der Waals surface area contributed by atoms with Crippen molar-refractivity contribution in [2.45, 2.75) is 19.5 Å². The average molecular weight is 218 g/mol. The van der Waals surface area contributed by atoms with Crippen molar-refractivity contribution in [2.75, 3.05) is 0 Å². The first-order valence-electron chi connectivity index (χ1n) is 3.67. The Morgan fingerprint density at radius 2 is 1.87 bits per heavy atom. The molecule has 1 aromatic rings. The Kier molecular flexibility index (Phi) is 2.27. The van der Waals surface area contributed by atoms with E-state index in [4.69, 9.17) is 0 Å². The maximum Gasteiger partial charge on any atom is 0.526 e. The summed E-state index contributed by atoms with van der Waals surface area (Å²) >= 11 is 0. The smallest absolute Gasteiger partial charge is 0.359 e. The molecular formula is C5H6N4O6. The third kappa shape index (κ3) is 1.35. The van der Waals surface area contributed by atoms with Gasteiger partial charge in [0.1, 0.15) is 9.85 Å². The van der Waals surface area contributed by atoms with Crippen molar-refractivity contribution < 1.29 is 19.4 Å². The lowest BCUT2D eigenvalue weighted by Gasteiger charge is -2.06. The Hall–Kier alpha value is -2.26. The molecule has 0 aromatic carbocycles. The summed E-state index contributed by atoms with van der Waals surface area (Å²) in [6.07, 6.45) is 0. The van der Waals surface area contributed by atoms with Crippen LogP contribution in [0.5, 0.6) is 0 Å². The lowest BCUT2D eigenvalue weighted by Crippen LogP contribution is -2.42. The number of nitro groups is 2. The molecule has 0 fully saturated rings. The molecule has 1 rings (SSSR count). The summed E-state index contributed by atoms with van der Waals surface area (Å²) in [4.78, 5) is 18.8. The summed E-state index contributed by atoms with van der Waals surface area (Å²) in [5.41, 5.74) is -3.61. The van der Waals surface area contributed by atoms with Crippen molar-refractivity contribution in [1.29, 1.82) is 0 Å². The number of nitrogens with zero attached hydrogens (tertiary/aromatic N) is 4. The average Bonchev–Trinajstić information content (AvgIpc) is 2.46. The Balaban J connectivity index is 3.41. The van der Waals surface area contributed by atoms with Crippen molar-refractivity contribution >= 4 is 0 Å². The van der Waals surface area contributed by atoms with Gasteiger partial charge in [-0.1, -0.05) is 0 Å². The lowest BCUT2D eigenvalue weighted by molar-refractivity contribution is -0.812. The summed E-state index contributed by atoms with van der Waals surface area (Å²) < 4.78 is 4.04. The second kappa shape index (κ2) is 3.15. The second-order valence-corrected chi connectivity index (χ2v) is 2.90. The first kappa shape index (κ1) is 10.8. The summed E-state index contributed by atoms with van der Waals surface area (Å²) in [5, 5.41) is 35.0. The van der Waals surface area contributed by atoms with E-state index in [0.29, 0.717) is 0 Å². The quantitative estimate of drug-likeness (QED) is 0.284. The molecule has 15 heavy (non-hydrogen) atoms. The van der Waals surface area contributed by atoms with Gasteiger partial charge in [0.15, 0.2) is 0 Å². The number of aromatic nitrogens is 2. The molecule has 0 aliphatic rings. The summed E-state index contributed by atoms with van der Waals surface area (Å²) in [6, 6.07) is 0. The van der Waals surface area contributed by atoms with E-state index in [2.05, 4.69) is 9.79 Å². The van der Waals surface area contributed by atoms with E-state index < -0.39 is 21.2 Å². The van der Waals surface area contributed by atoms with Gasteiger partial charge >= 0.3 is 11.4 Å². The highest BCUT2D eigenvalue weighted by Crippen LogP contribution is 2.24. The molecule has 10 nitrogen and oxygen atoms in total. The van der Waals surface area contributed by atoms with Gasteiger partial charge in [0.25, 0.3) is 0 Å². The number of hydrogen-bond acceptors (Lipinski definition) is 7. The first-order chi connectivity index (χ1) is 6.81. The minimum Gasteiger partial charge on any atom is -0.359 e. The van der Waals surface area contributed by atoms with Crippen LogP contribution in [0.4, 0.5) is 0 Å². The molecule has 1 heterocycles. The van der Waals surface area contributed by atoms with Crippen LogP contribution in [0.2, 0.25) is 0 Å². The fraction of sp³-hybridized carbons (Fsp3) is 0.600. The molecule has 10 heteroatoms. The van der Waals surface area contributed by atoms with Crippen LogP contribution >= 0.6 is 0 Å². The van der Waals surface area contributed by atoms with Crippen LogP contribution in [-0.4, -0.2) is 15.0 Å². The van der Waals surface area contributed by atoms with Gasteiger partial charge in [0.05, 0.1) is 12.1 Å². The van der Waals surface area contributed by atoms with Gasteiger partial charge in [0, 0.05) is 6.92 Å². The van der Waals surface area contributed by atoms with Gasteiger partial charge in [-0.15, -0.1) is 0 Å². The van der Waals surface area contributed by atoms with E-state index in [1.807, 2.05) is 0 Å². The van der Waals surface area contributed by atoms with Crippen molar-refractivity contribution in [2.24, 2.45) is 0 Å². The Morgan fingerprint density at radius 1 is 1.40 bits per heavy atom. The van der Waals surface area contributed by atoms with Gasteiger partial charge in [0.2, 0.25) is 5.69 Å². The van der Waals surface area contributed by atoms with Crippen molar-refractivity contribution in [3.05, 3.63) is 36.8 Å². The van der Waals surface area contributed by atoms with Crippen LogP contribution in [-0.2, 0) is 5.66 Å². The van der Waals surface area contributed by atoms with E-state index in [1.165, 1.54) is 0 Å². The van der Waals surface area contributed by atoms with Crippen molar-refractivity contribution in [3.63, 3.8) is 0 Å². The molecule has 0 unspecified atom stereocenters. The maximum atomic E-state index is 10.8. The van der Waals surface area contributed by atoms with Gasteiger partial charge in [-0.25, -0.2) is 0 Å². The molecule has 0 N–H and O–H groups in total. The van der Waals surface area contributed by atoms with E-state index in [9.17, 15) is 25.4 Å². The van der Waals surface area contributed by atoms with Gasteiger partial charge in [-0.2, -0.15) is 0 Å². The van der Waals surface area contributed by atoms with Gasteiger partial charge < -0.3 is 5.21 Å². The lowest BCUT2D eigenvalue weighted by atomic mass is 10.1. The maximum absolute atomic E-state index is 10.8. The summed E-state index contributed by atoms with van der Waals surface area (Å²) in [5.74, 6) is 0. The third-order valence-corrected chi connectivity index (χ3v) is 1.98. The highest BCUT2D eigenvalue weighted by molar-refractivity contribution is 5.07. The summed E-state index contributed by atoms with van der Waals surface area (Å²) in [7, 11) is 0. The predicted molar refractivity (Wildman–Crippen MR) is 41.5 cm³/mol. The Bertz CT molecular complexity index is 411. The molecule has 0 aliphatic heterocycles. The molecule has 0 saturated carbocycles.